The van der Waals surface area contributed by atoms with Gasteiger partial charge in [0.15, 0.2) is 0 Å². The van der Waals surface area contributed by atoms with Gasteiger partial charge in [-0.2, -0.15) is 4.79 Å². The first kappa shape index (κ1) is 14.5. The Bertz CT molecular complexity index is 679. The lowest BCUT2D eigenvalue weighted by Crippen LogP contribution is -2.51. The molecular formula is C16H17N3O3. The highest BCUT2D eigenvalue weighted by atomic mass is 16.5. The zero-order chi connectivity index (χ0) is 15.7. The van der Waals surface area contributed by atoms with Crippen LogP contribution in [0.25, 0.3) is 5.53 Å². The topological polar surface area (TPSA) is 83.0 Å². The van der Waals surface area contributed by atoms with Crippen LogP contribution in [-0.4, -0.2) is 40.4 Å². The number of carbonyl (C=O) groups is 2. The van der Waals surface area contributed by atoms with Gasteiger partial charge in [-0.15, -0.1) is 0 Å². The van der Waals surface area contributed by atoms with Crippen LogP contribution >= 0.6 is 0 Å². The van der Waals surface area contributed by atoms with Gasteiger partial charge in [0.25, 0.3) is 0 Å². The fourth-order valence-electron chi connectivity index (χ4n) is 3.46. The van der Waals surface area contributed by atoms with Gasteiger partial charge in [-0.05, 0) is 30.4 Å². The Kier molecular flexibility index (Phi) is 3.77. The molecule has 22 heavy (non-hydrogen) atoms. The zero-order valence-corrected chi connectivity index (χ0v) is 12.4. The lowest BCUT2D eigenvalue weighted by Gasteiger charge is -2.39. The molecule has 0 spiro atoms. The van der Waals surface area contributed by atoms with Crippen LogP contribution in [0.1, 0.15) is 36.4 Å². The van der Waals surface area contributed by atoms with E-state index in [1.807, 2.05) is 24.3 Å². The van der Waals surface area contributed by atoms with E-state index in [0.717, 1.165) is 24.0 Å². The predicted octanol–water partition coefficient (Wildman–Crippen LogP) is 1.51. The molecule has 1 fully saturated rings. The van der Waals surface area contributed by atoms with E-state index in [2.05, 4.69) is 4.79 Å². The summed E-state index contributed by atoms with van der Waals surface area (Å²) in [6.07, 6.45) is 2.46. The van der Waals surface area contributed by atoms with Crippen LogP contribution in [0.15, 0.2) is 24.3 Å². The Hall–Kier alpha value is -2.46. The summed E-state index contributed by atoms with van der Waals surface area (Å²) in [6.45, 7) is 0. The second-order valence-electron chi connectivity index (χ2n) is 5.62. The molecule has 6 nitrogen and oxygen atoms in total. The van der Waals surface area contributed by atoms with Gasteiger partial charge in [0.05, 0.1) is 19.6 Å². The standard InChI is InChI=1S/C16H17N3O3/c1-22-16(21)14-8-4-7-13-11-6-3-2-5-10(11)9-12(18-17)15(20)19(13)14/h2-3,5-6,13-14H,4,7-9H2,1H3/t13-,14+/m1/s1. The summed E-state index contributed by atoms with van der Waals surface area (Å²) in [5.41, 5.74) is 11.2. The van der Waals surface area contributed by atoms with Crippen LogP contribution in [0.2, 0.25) is 0 Å². The van der Waals surface area contributed by atoms with Gasteiger partial charge in [-0.3, -0.25) is 4.79 Å². The Morgan fingerprint density at radius 1 is 1.36 bits per heavy atom. The number of methoxy groups -OCH3 is 1. The number of piperidine rings is 1. The van der Waals surface area contributed by atoms with Crippen molar-refractivity contribution in [1.29, 1.82) is 0 Å². The smallest absolute Gasteiger partial charge is 0.360 e. The summed E-state index contributed by atoms with van der Waals surface area (Å²) in [5, 5.41) is 0. The van der Waals surface area contributed by atoms with Crippen LogP contribution < -0.4 is 0 Å². The van der Waals surface area contributed by atoms with Crippen molar-refractivity contribution >= 4 is 17.6 Å². The molecule has 1 amide bonds. The number of benzene rings is 1. The van der Waals surface area contributed by atoms with Crippen LogP contribution in [0.4, 0.5) is 0 Å². The van der Waals surface area contributed by atoms with Crippen molar-refractivity contribution in [2.45, 2.75) is 37.8 Å². The molecule has 0 saturated carbocycles. The van der Waals surface area contributed by atoms with Gasteiger partial charge in [-0.25, -0.2) is 4.79 Å². The van der Waals surface area contributed by atoms with E-state index in [0.29, 0.717) is 6.42 Å². The number of nitrogens with zero attached hydrogens (tertiary/aromatic N) is 3. The van der Waals surface area contributed by atoms with E-state index in [9.17, 15) is 15.1 Å². The van der Waals surface area contributed by atoms with Crippen LogP contribution in [-0.2, 0) is 20.7 Å². The van der Waals surface area contributed by atoms with Gasteiger partial charge in [0.2, 0.25) is 0 Å². The molecular weight excluding hydrogens is 282 g/mol. The molecule has 2 aliphatic rings. The lowest BCUT2D eigenvalue weighted by atomic mass is 9.89. The molecule has 0 aromatic heterocycles. The van der Waals surface area contributed by atoms with Crippen molar-refractivity contribution in [3.05, 3.63) is 40.9 Å². The first-order chi connectivity index (χ1) is 10.7. The maximum absolute atomic E-state index is 12.7. The fourth-order valence-corrected chi connectivity index (χ4v) is 3.46. The minimum absolute atomic E-state index is 0.0609. The SMILES string of the molecule is COC(=O)[C@@H]1CCC[C@@H]2c3ccccc3CC(=[N+]=[N-])C(=O)N21. The largest absolute Gasteiger partial charge is 0.467 e. The maximum Gasteiger partial charge on any atom is 0.360 e. The predicted molar refractivity (Wildman–Crippen MR) is 78.0 cm³/mol. The zero-order valence-electron chi connectivity index (χ0n) is 12.4. The molecule has 0 radical (unpaired) electrons. The van der Waals surface area contributed by atoms with Crippen molar-refractivity contribution < 1.29 is 19.1 Å². The Labute approximate surface area is 128 Å². The summed E-state index contributed by atoms with van der Waals surface area (Å²) >= 11 is 0. The molecule has 0 N–H and O–H groups in total. The number of fused-ring (bicyclic) bond motifs is 3. The van der Waals surface area contributed by atoms with Gasteiger partial charge in [-0.1, -0.05) is 24.3 Å². The first-order valence-corrected chi connectivity index (χ1v) is 7.36. The van der Waals surface area contributed by atoms with Crippen molar-refractivity contribution in [2.75, 3.05) is 7.11 Å². The summed E-state index contributed by atoms with van der Waals surface area (Å²) < 4.78 is 4.85. The van der Waals surface area contributed by atoms with Crippen LogP contribution in [0.5, 0.6) is 0 Å². The van der Waals surface area contributed by atoms with E-state index in [-0.39, 0.29) is 24.1 Å². The third-order valence-electron chi connectivity index (χ3n) is 4.47. The lowest BCUT2D eigenvalue weighted by molar-refractivity contribution is -0.156. The molecule has 1 saturated heterocycles. The second kappa shape index (κ2) is 5.73. The van der Waals surface area contributed by atoms with E-state index >= 15 is 0 Å². The van der Waals surface area contributed by atoms with E-state index in [4.69, 9.17) is 4.74 Å². The summed E-state index contributed by atoms with van der Waals surface area (Å²) in [4.78, 5) is 29.5. The summed E-state index contributed by atoms with van der Waals surface area (Å²) in [7, 11) is 1.32. The number of hydrogen-bond acceptors (Lipinski definition) is 3. The summed E-state index contributed by atoms with van der Waals surface area (Å²) in [5.74, 6) is -0.812. The molecule has 0 bridgehead atoms. The fraction of sp³-hybridized carbons (Fsp3) is 0.438. The van der Waals surface area contributed by atoms with E-state index in [1.54, 1.807) is 0 Å². The molecule has 2 aliphatic heterocycles. The van der Waals surface area contributed by atoms with Gasteiger partial charge >= 0.3 is 17.6 Å². The number of ether oxygens (including phenoxy) is 1. The molecule has 1 aromatic carbocycles. The van der Waals surface area contributed by atoms with Crippen LogP contribution in [0.3, 0.4) is 0 Å². The Balaban J connectivity index is 2.14. The van der Waals surface area contributed by atoms with Crippen molar-refractivity contribution in [3.8, 4) is 0 Å². The van der Waals surface area contributed by atoms with Gasteiger partial charge in [0.1, 0.15) is 6.04 Å². The number of amides is 1. The van der Waals surface area contributed by atoms with Crippen molar-refractivity contribution in [1.82, 2.24) is 4.90 Å². The van der Waals surface area contributed by atoms with E-state index in [1.165, 1.54) is 12.0 Å². The number of esters is 1. The number of rotatable bonds is 1. The quantitative estimate of drug-likeness (QED) is 0.447. The molecule has 2 atom stereocenters. The number of carbonyl (C=O) groups excluding carboxylic acids is 2. The number of hydrogen-bond donors (Lipinski definition) is 0. The normalized spacial score (nSPS) is 24.0. The van der Waals surface area contributed by atoms with E-state index < -0.39 is 12.0 Å². The van der Waals surface area contributed by atoms with Crippen molar-refractivity contribution in [3.63, 3.8) is 0 Å². The Morgan fingerprint density at radius 2 is 2.14 bits per heavy atom. The Morgan fingerprint density at radius 3 is 2.86 bits per heavy atom. The minimum Gasteiger partial charge on any atom is -0.467 e. The third-order valence-corrected chi connectivity index (χ3v) is 4.47. The molecule has 114 valence electrons. The third kappa shape index (κ3) is 2.22. The second-order valence-corrected chi connectivity index (χ2v) is 5.62. The van der Waals surface area contributed by atoms with Crippen LogP contribution in [0, 0.1) is 0 Å². The highest BCUT2D eigenvalue weighted by Crippen LogP contribution is 2.38. The maximum atomic E-state index is 12.7. The summed E-state index contributed by atoms with van der Waals surface area (Å²) in [6, 6.07) is 6.91. The average molecular weight is 299 g/mol. The molecule has 1 aromatic rings. The molecule has 0 unspecified atom stereocenters. The van der Waals surface area contributed by atoms with Gasteiger partial charge < -0.3 is 15.2 Å². The minimum atomic E-state index is -0.626. The first-order valence-electron chi connectivity index (χ1n) is 7.36. The molecule has 2 heterocycles. The van der Waals surface area contributed by atoms with Crippen molar-refractivity contribution in [2.24, 2.45) is 0 Å². The average Bonchev–Trinajstić information content (AvgIpc) is 2.69. The molecule has 3 rings (SSSR count). The molecule has 0 aliphatic carbocycles. The highest BCUT2D eigenvalue weighted by molar-refractivity contribution is 6.37. The van der Waals surface area contributed by atoms with Gasteiger partial charge in [0, 0.05) is 0 Å². The monoisotopic (exact) mass is 299 g/mol. The molecule has 6 heteroatoms. The highest BCUT2D eigenvalue weighted by Gasteiger charge is 2.46.